The van der Waals surface area contributed by atoms with Gasteiger partial charge in [-0.15, -0.1) is 0 Å². The maximum atomic E-state index is 12.1. The molecule has 1 aliphatic carbocycles. The molecule has 2 amide bonds. The maximum Gasteiger partial charge on any atom is 0.317 e. The molecule has 6 nitrogen and oxygen atoms in total. The molecule has 1 saturated heterocycles. The molecule has 2 rings (SSSR count). The molecule has 0 aromatic carbocycles. The Kier molecular flexibility index (Phi) is 4.63. The Labute approximate surface area is 113 Å². The van der Waals surface area contributed by atoms with Crippen LogP contribution in [0.2, 0.25) is 0 Å². The fraction of sp³-hybridized carbons (Fsp3) is 0.846. The van der Waals surface area contributed by atoms with E-state index < -0.39 is 5.97 Å². The highest BCUT2D eigenvalue weighted by Crippen LogP contribution is 2.24. The molecule has 4 N–H and O–H groups in total. The van der Waals surface area contributed by atoms with Crippen LogP contribution in [-0.2, 0) is 4.79 Å². The fourth-order valence-electron chi connectivity index (χ4n) is 3.01. The smallest absolute Gasteiger partial charge is 0.317 e. The summed E-state index contributed by atoms with van der Waals surface area (Å²) in [5, 5.41) is 12.0. The number of nitrogens with zero attached hydrogens (tertiary/aromatic N) is 1. The van der Waals surface area contributed by atoms with E-state index in [1.54, 1.807) is 4.90 Å². The molecule has 0 radical (unpaired) electrons. The van der Waals surface area contributed by atoms with Gasteiger partial charge in [0.05, 0.1) is 5.92 Å². The number of carboxylic acid groups (broad SMARTS) is 1. The van der Waals surface area contributed by atoms with Crippen LogP contribution >= 0.6 is 0 Å². The Morgan fingerprint density at radius 2 is 2.00 bits per heavy atom. The third-order valence-corrected chi connectivity index (χ3v) is 4.10. The van der Waals surface area contributed by atoms with Crippen molar-refractivity contribution in [3.05, 3.63) is 0 Å². The predicted octanol–water partition coefficient (Wildman–Crippen LogP) is 0.762. The molecule has 0 aromatic heterocycles. The molecule has 2 fully saturated rings. The van der Waals surface area contributed by atoms with E-state index in [-0.39, 0.29) is 24.0 Å². The second kappa shape index (κ2) is 6.23. The van der Waals surface area contributed by atoms with Crippen molar-refractivity contribution in [2.45, 2.75) is 50.6 Å². The summed E-state index contributed by atoms with van der Waals surface area (Å²) in [6.45, 7) is 1.34. The van der Waals surface area contributed by atoms with Gasteiger partial charge in [-0.3, -0.25) is 4.79 Å². The zero-order valence-electron chi connectivity index (χ0n) is 11.2. The Bertz CT molecular complexity index is 348. The minimum atomic E-state index is -0.751. The van der Waals surface area contributed by atoms with Crippen LogP contribution in [0.15, 0.2) is 0 Å². The lowest BCUT2D eigenvalue weighted by atomic mass is 9.86. The average Bonchev–Trinajstić information content (AvgIpc) is 2.39. The van der Waals surface area contributed by atoms with Gasteiger partial charge in [0, 0.05) is 25.2 Å². The summed E-state index contributed by atoms with van der Waals surface area (Å²) in [7, 11) is 0. The van der Waals surface area contributed by atoms with Gasteiger partial charge in [0.25, 0.3) is 0 Å². The van der Waals surface area contributed by atoms with Crippen LogP contribution in [0.4, 0.5) is 4.79 Å². The zero-order chi connectivity index (χ0) is 13.8. The molecule has 19 heavy (non-hydrogen) atoms. The number of nitrogens with two attached hydrogens (primary N) is 1. The standard InChI is InChI=1S/C13H23N3O3/c14-10-4-2-6-16(8-10)13(19)15-11-5-1-3-9(7-11)12(17)18/h9-11H,1-8,14H2,(H,15,19)(H,17,18). The molecule has 0 aromatic rings. The number of hydrogen-bond acceptors (Lipinski definition) is 3. The van der Waals surface area contributed by atoms with Crippen molar-refractivity contribution in [1.82, 2.24) is 10.2 Å². The molecular formula is C13H23N3O3. The first-order valence-corrected chi connectivity index (χ1v) is 7.10. The largest absolute Gasteiger partial charge is 0.481 e. The number of rotatable bonds is 2. The quantitative estimate of drug-likeness (QED) is 0.689. The summed E-state index contributed by atoms with van der Waals surface area (Å²) in [6.07, 6.45) is 4.90. The lowest BCUT2D eigenvalue weighted by Gasteiger charge is -2.34. The van der Waals surface area contributed by atoms with Crippen LogP contribution < -0.4 is 11.1 Å². The number of carbonyl (C=O) groups is 2. The van der Waals surface area contributed by atoms with Crippen LogP contribution in [0.3, 0.4) is 0 Å². The van der Waals surface area contributed by atoms with Gasteiger partial charge >= 0.3 is 12.0 Å². The van der Waals surface area contributed by atoms with Crippen LogP contribution in [0, 0.1) is 5.92 Å². The number of likely N-dealkylation sites (tertiary alicyclic amines) is 1. The number of aliphatic carboxylic acids is 1. The van der Waals surface area contributed by atoms with Crippen molar-refractivity contribution in [3.63, 3.8) is 0 Å². The van der Waals surface area contributed by atoms with Crippen LogP contribution in [0.1, 0.15) is 38.5 Å². The van der Waals surface area contributed by atoms with E-state index in [9.17, 15) is 9.59 Å². The van der Waals surface area contributed by atoms with Crippen molar-refractivity contribution in [3.8, 4) is 0 Å². The molecule has 3 unspecified atom stereocenters. The summed E-state index contributed by atoms with van der Waals surface area (Å²) in [5.74, 6) is -1.07. The third kappa shape index (κ3) is 3.83. The lowest BCUT2D eigenvalue weighted by molar-refractivity contribution is -0.143. The van der Waals surface area contributed by atoms with E-state index in [4.69, 9.17) is 10.8 Å². The van der Waals surface area contributed by atoms with Crippen molar-refractivity contribution in [2.75, 3.05) is 13.1 Å². The number of hydrogen-bond donors (Lipinski definition) is 3. The normalized spacial score (nSPS) is 31.8. The van der Waals surface area contributed by atoms with Crippen molar-refractivity contribution in [1.29, 1.82) is 0 Å². The minimum absolute atomic E-state index is 0.0134. The molecule has 0 bridgehead atoms. The van der Waals surface area contributed by atoms with Crippen molar-refractivity contribution >= 4 is 12.0 Å². The highest BCUT2D eigenvalue weighted by molar-refractivity contribution is 5.75. The number of urea groups is 1. The van der Waals surface area contributed by atoms with E-state index in [1.165, 1.54) is 0 Å². The van der Waals surface area contributed by atoms with E-state index >= 15 is 0 Å². The van der Waals surface area contributed by atoms with Gasteiger partial charge in [-0.05, 0) is 32.1 Å². The number of nitrogens with one attached hydrogen (secondary N) is 1. The first-order valence-electron chi connectivity index (χ1n) is 7.10. The molecule has 0 spiro atoms. The van der Waals surface area contributed by atoms with E-state index in [2.05, 4.69) is 5.32 Å². The SMILES string of the molecule is NC1CCCN(C(=O)NC2CCCC(C(=O)O)C2)C1. The molecule has 108 valence electrons. The lowest BCUT2D eigenvalue weighted by Crippen LogP contribution is -2.52. The molecule has 1 saturated carbocycles. The summed E-state index contributed by atoms with van der Waals surface area (Å²) in [6, 6.07) is -0.0377. The number of carboxylic acids is 1. The van der Waals surface area contributed by atoms with Crippen LogP contribution in [0.5, 0.6) is 0 Å². The van der Waals surface area contributed by atoms with Crippen molar-refractivity contribution in [2.24, 2.45) is 11.7 Å². The minimum Gasteiger partial charge on any atom is -0.481 e. The van der Waals surface area contributed by atoms with Gasteiger partial charge in [-0.2, -0.15) is 0 Å². The first kappa shape index (κ1) is 14.1. The second-order valence-electron chi connectivity index (χ2n) is 5.70. The van der Waals surface area contributed by atoms with Gasteiger partial charge in [0.15, 0.2) is 0 Å². The Morgan fingerprint density at radius 3 is 2.68 bits per heavy atom. The van der Waals surface area contributed by atoms with Crippen molar-refractivity contribution < 1.29 is 14.7 Å². The van der Waals surface area contributed by atoms with E-state index in [0.29, 0.717) is 13.0 Å². The summed E-state index contributed by atoms with van der Waals surface area (Å²) in [4.78, 5) is 24.8. The topological polar surface area (TPSA) is 95.7 Å². The summed E-state index contributed by atoms with van der Waals surface area (Å²) >= 11 is 0. The number of piperidine rings is 1. The summed E-state index contributed by atoms with van der Waals surface area (Å²) < 4.78 is 0. The third-order valence-electron chi connectivity index (χ3n) is 4.10. The van der Waals surface area contributed by atoms with Gasteiger partial charge < -0.3 is 21.1 Å². The van der Waals surface area contributed by atoms with Gasteiger partial charge in [-0.25, -0.2) is 4.79 Å². The van der Waals surface area contributed by atoms with Crippen LogP contribution in [0.25, 0.3) is 0 Å². The van der Waals surface area contributed by atoms with Gasteiger partial charge in [0.1, 0.15) is 0 Å². The molecule has 3 atom stereocenters. The van der Waals surface area contributed by atoms with E-state index in [0.717, 1.165) is 38.6 Å². The molecule has 6 heteroatoms. The fourth-order valence-corrected chi connectivity index (χ4v) is 3.01. The second-order valence-corrected chi connectivity index (χ2v) is 5.70. The maximum absolute atomic E-state index is 12.1. The predicted molar refractivity (Wildman–Crippen MR) is 70.7 cm³/mol. The Balaban J connectivity index is 1.82. The van der Waals surface area contributed by atoms with Crippen LogP contribution in [-0.4, -0.2) is 47.2 Å². The highest BCUT2D eigenvalue weighted by Gasteiger charge is 2.29. The monoisotopic (exact) mass is 269 g/mol. The Hall–Kier alpha value is -1.30. The highest BCUT2D eigenvalue weighted by atomic mass is 16.4. The zero-order valence-corrected chi connectivity index (χ0v) is 11.2. The molecular weight excluding hydrogens is 246 g/mol. The van der Waals surface area contributed by atoms with Gasteiger partial charge in [-0.1, -0.05) is 6.42 Å². The molecule has 1 heterocycles. The number of carbonyl (C=O) groups excluding carboxylic acids is 1. The van der Waals surface area contributed by atoms with E-state index in [1.807, 2.05) is 0 Å². The Morgan fingerprint density at radius 1 is 1.21 bits per heavy atom. The summed E-state index contributed by atoms with van der Waals surface area (Å²) in [5.41, 5.74) is 5.86. The van der Waals surface area contributed by atoms with Gasteiger partial charge in [0.2, 0.25) is 0 Å². The number of amides is 2. The first-order chi connectivity index (χ1) is 9.06. The molecule has 2 aliphatic rings. The average molecular weight is 269 g/mol. The molecule has 1 aliphatic heterocycles.